The standard InChI is InChI=1S/C25H21N5O5S/c1-2-35-20-13-16(12-19(22(20)31)30(33)34)23-26-18-11-7-6-10-17(18)21-24(32)27-25(28-29(21)23)36-14-15-8-4-3-5-9-15/h3-13,23,31H,2,14H2,1H3,(H,27,28,32). The maximum atomic E-state index is 13.3. The first-order valence-electron chi connectivity index (χ1n) is 11.1. The third kappa shape index (κ3) is 4.36. The summed E-state index contributed by atoms with van der Waals surface area (Å²) < 4.78 is 5.45. The molecule has 10 nitrogen and oxygen atoms in total. The first-order chi connectivity index (χ1) is 17.5. The van der Waals surface area contributed by atoms with Crippen LogP contribution in [0.2, 0.25) is 0 Å². The van der Waals surface area contributed by atoms with Gasteiger partial charge in [0.1, 0.15) is 5.70 Å². The molecule has 2 N–H and O–H groups in total. The lowest BCUT2D eigenvalue weighted by Gasteiger charge is -2.34. The topological polar surface area (TPSA) is 130 Å². The molecule has 5 rings (SSSR count). The highest BCUT2D eigenvalue weighted by molar-refractivity contribution is 8.13. The molecule has 0 aromatic heterocycles. The van der Waals surface area contributed by atoms with Crippen LogP contribution in [0.25, 0.3) is 5.70 Å². The van der Waals surface area contributed by atoms with E-state index < -0.39 is 22.5 Å². The molecule has 1 atom stereocenters. The first kappa shape index (κ1) is 23.4. The predicted molar refractivity (Wildman–Crippen MR) is 134 cm³/mol. The van der Waals surface area contributed by atoms with E-state index in [0.29, 0.717) is 27.1 Å². The maximum Gasteiger partial charge on any atom is 0.315 e. The third-order valence-electron chi connectivity index (χ3n) is 5.61. The van der Waals surface area contributed by atoms with Crippen LogP contribution in [0.3, 0.4) is 0 Å². The number of hydrazone groups is 1. The molecular formula is C25H21N5O5S. The fourth-order valence-electron chi connectivity index (χ4n) is 4.00. The Bertz CT molecular complexity index is 1510. The van der Waals surface area contributed by atoms with Gasteiger partial charge in [-0.2, -0.15) is 0 Å². The zero-order valence-electron chi connectivity index (χ0n) is 19.1. The number of para-hydroxylation sites is 1. The fraction of sp³-hybridized carbons (Fsp3) is 0.160. The average molecular weight is 504 g/mol. The zero-order chi connectivity index (χ0) is 25.2. The van der Waals surface area contributed by atoms with Crippen molar-refractivity contribution in [2.24, 2.45) is 10.1 Å². The Morgan fingerprint density at radius 1 is 1.17 bits per heavy atom. The summed E-state index contributed by atoms with van der Waals surface area (Å²) >= 11 is 1.36. The Hall–Kier alpha value is -4.38. The Morgan fingerprint density at radius 3 is 2.67 bits per heavy atom. The quantitative estimate of drug-likeness (QED) is 0.391. The van der Waals surface area contributed by atoms with Crippen LogP contribution in [0.4, 0.5) is 5.69 Å². The number of nitro benzene ring substituents is 1. The van der Waals surface area contributed by atoms with E-state index in [1.165, 1.54) is 28.9 Å². The van der Waals surface area contributed by atoms with Gasteiger partial charge in [-0.3, -0.25) is 25.2 Å². The summed E-state index contributed by atoms with van der Waals surface area (Å²) in [4.78, 5) is 29.0. The fourth-order valence-corrected chi connectivity index (χ4v) is 4.81. The number of carbonyl (C=O) groups excluding carboxylic acids is 1. The molecule has 0 saturated heterocycles. The smallest absolute Gasteiger partial charge is 0.315 e. The van der Waals surface area contributed by atoms with Gasteiger partial charge in [-0.05, 0) is 24.6 Å². The Morgan fingerprint density at radius 2 is 1.92 bits per heavy atom. The minimum Gasteiger partial charge on any atom is -0.500 e. The van der Waals surface area contributed by atoms with E-state index in [4.69, 9.17) is 9.73 Å². The second-order valence-electron chi connectivity index (χ2n) is 7.92. The lowest BCUT2D eigenvalue weighted by molar-refractivity contribution is -0.386. The van der Waals surface area contributed by atoms with Crippen molar-refractivity contribution >= 4 is 34.2 Å². The molecule has 11 heteroatoms. The molecule has 0 radical (unpaired) electrons. The van der Waals surface area contributed by atoms with Crippen LogP contribution in [0, 0.1) is 10.1 Å². The monoisotopic (exact) mass is 503 g/mol. The lowest BCUT2D eigenvalue weighted by Crippen LogP contribution is -2.50. The number of hydrogen-bond donors (Lipinski definition) is 2. The van der Waals surface area contributed by atoms with Gasteiger partial charge in [0.15, 0.2) is 17.1 Å². The SMILES string of the molecule is CCOc1cc(C2N=c3ccccc3=C3C(=O)NC(SCc4ccccc4)=NN32)cc([N+](=O)[O-])c1O. The number of amides is 1. The van der Waals surface area contributed by atoms with Crippen molar-refractivity contribution in [2.75, 3.05) is 6.61 Å². The Labute approximate surface area is 209 Å². The number of nitro groups is 1. The van der Waals surface area contributed by atoms with E-state index in [2.05, 4.69) is 10.4 Å². The number of nitrogens with zero attached hydrogens (tertiary/aromatic N) is 4. The highest BCUT2D eigenvalue weighted by Crippen LogP contribution is 2.41. The Balaban J connectivity index is 1.63. The highest BCUT2D eigenvalue weighted by Gasteiger charge is 2.36. The summed E-state index contributed by atoms with van der Waals surface area (Å²) in [6, 6.07) is 19.6. The average Bonchev–Trinajstić information content (AvgIpc) is 2.88. The van der Waals surface area contributed by atoms with Gasteiger partial charge in [0.25, 0.3) is 5.91 Å². The molecule has 1 unspecified atom stereocenters. The molecule has 2 aliphatic rings. The minimum atomic E-state index is -0.896. The second kappa shape index (κ2) is 9.70. The minimum absolute atomic E-state index is 0.0403. The normalized spacial score (nSPS) is 16.3. The van der Waals surface area contributed by atoms with Crippen molar-refractivity contribution in [3.8, 4) is 11.5 Å². The van der Waals surface area contributed by atoms with Gasteiger partial charge in [-0.15, -0.1) is 5.10 Å². The number of phenols is 1. The number of benzene rings is 3. The number of fused-ring (bicyclic) bond motifs is 2. The number of thioether (sulfide) groups is 1. The van der Waals surface area contributed by atoms with Crippen LogP contribution in [-0.4, -0.2) is 32.7 Å². The summed E-state index contributed by atoms with van der Waals surface area (Å²) in [5, 5.41) is 32.5. The third-order valence-corrected chi connectivity index (χ3v) is 6.54. The van der Waals surface area contributed by atoms with Gasteiger partial charge in [0.2, 0.25) is 5.75 Å². The molecular weight excluding hydrogens is 482 g/mol. The molecule has 2 heterocycles. The van der Waals surface area contributed by atoms with Gasteiger partial charge >= 0.3 is 5.69 Å². The summed E-state index contributed by atoms with van der Waals surface area (Å²) in [5.41, 5.74) is 1.18. The number of amidine groups is 1. The summed E-state index contributed by atoms with van der Waals surface area (Å²) in [7, 11) is 0. The molecule has 2 aliphatic heterocycles. The molecule has 36 heavy (non-hydrogen) atoms. The van der Waals surface area contributed by atoms with E-state index in [-0.39, 0.29) is 24.0 Å². The molecule has 0 bridgehead atoms. The number of aromatic hydroxyl groups is 1. The summed E-state index contributed by atoms with van der Waals surface area (Å²) in [5.74, 6) is -0.376. The van der Waals surface area contributed by atoms with Gasteiger partial charge < -0.3 is 9.84 Å². The van der Waals surface area contributed by atoms with Crippen LogP contribution >= 0.6 is 11.8 Å². The Kier molecular flexibility index (Phi) is 6.30. The predicted octanol–water partition coefficient (Wildman–Crippen LogP) is 2.78. The van der Waals surface area contributed by atoms with Crippen molar-refractivity contribution in [3.63, 3.8) is 0 Å². The van der Waals surface area contributed by atoms with Crippen LogP contribution in [0.1, 0.15) is 24.2 Å². The number of hydrogen-bond acceptors (Lipinski definition) is 9. The van der Waals surface area contributed by atoms with Crippen molar-refractivity contribution in [1.82, 2.24) is 10.3 Å². The zero-order valence-corrected chi connectivity index (χ0v) is 19.9. The van der Waals surface area contributed by atoms with E-state index in [1.54, 1.807) is 31.2 Å². The van der Waals surface area contributed by atoms with E-state index in [1.807, 2.05) is 30.3 Å². The van der Waals surface area contributed by atoms with Crippen LogP contribution in [0.15, 0.2) is 76.8 Å². The number of ether oxygens (including phenoxy) is 1. The molecule has 0 spiro atoms. The van der Waals surface area contributed by atoms with Crippen molar-refractivity contribution < 1.29 is 19.6 Å². The highest BCUT2D eigenvalue weighted by atomic mass is 32.2. The second-order valence-corrected chi connectivity index (χ2v) is 8.89. The van der Waals surface area contributed by atoms with Crippen LogP contribution in [-0.2, 0) is 10.5 Å². The number of rotatable bonds is 6. The lowest BCUT2D eigenvalue weighted by atomic mass is 10.1. The van der Waals surface area contributed by atoms with Gasteiger partial charge in [-0.25, -0.2) is 5.01 Å². The largest absolute Gasteiger partial charge is 0.500 e. The van der Waals surface area contributed by atoms with E-state index in [9.17, 15) is 20.0 Å². The first-order valence-corrected chi connectivity index (χ1v) is 12.1. The molecule has 182 valence electrons. The molecule has 3 aromatic rings. The van der Waals surface area contributed by atoms with Crippen molar-refractivity contribution in [1.29, 1.82) is 0 Å². The van der Waals surface area contributed by atoms with E-state index in [0.717, 1.165) is 5.56 Å². The number of phenolic OH excluding ortho intramolecular Hbond substituents is 1. The summed E-state index contributed by atoms with van der Waals surface area (Å²) in [6.07, 6.45) is -0.896. The van der Waals surface area contributed by atoms with Gasteiger partial charge in [0.05, 0.1) is 16.9 Å². The molecule has 0 aliphatic carbocycles. The van der Waals surface area contributed by atoms with Crippen molar-refractivity contribution in [2.45, 2.75) is 18.8 Å². The van der Waals surface area contributed by atoms with E-state index >= 15 is 0 Å². The van der Waals surface area contributed by atoms with Crippen molar-refractivity contribution in [3.05, 3.63) is 98.5 Å². The van der Waals surface area contributed by atoms with Gasteiger partial charge in [0, 0.05) is 22.6 Å². The number of nitrogens with one attached hydrogen (secondary N) is 1. The maximum absolute atomic E-state index is 13.3. The van der Waals surface area contributed by atoms with Gasteiger partial charge in [-0.1, -0.05) is 60.3 Å². The molecule has 0 fully saturated rings. The summed E-state index contributed by atoms with van der Waals surface area (Å²) in [6.45, 7) is 1.90. The molecule has 3 aromatic carbocycles. The molecule has 1 amide bonds. The van der Waals surface area contributed by atoms with Crippen LogP contribution < -0.4 is 20.6 Å². The number of carbonyl (C=O) groups is 1. The van der Waals surface area contributed by atoms with Crippen LogP contribution in [0.5, 0.6) is 11.5 Å². The molecule has 0 saturated carbocycles.